The molecule has 1 atom stereocenters. The van der Waals surface area contributed by atoms with Crippen LogP contribution < -0.4 is 11.1 Å². The molecule has 5 heteroatoms. The number of amides is 1. The standard InChI is InChI=1S/C16H18ClN3O/c1-3-12-8-11(9-15(18)20-12)16(21)19-10(2)13-6-4-5-7-14(13)17/h4-10H,3H2,1-2H3,(H2,18,20)(H,19,21). The highest BCUT2D eigenvalue weighted by atomic mass is 35.5. The molecule has 1 aromatic heterocycles. The molecule has 3 N–H and O–H groups in total. The number of nitrogens with one attached hydrogen (secondary N) is 1. The van der Waals surface area contributed by atoms with Gasteiger partial charge in [-0.05, 0) is 37.1 Å². The number of halogens is 1. The highest BCUT2D eigenvalue weighted by molar-refractivity contribution is 6.31. The highest BCUT2D eigenvalue weighted by Crippen LogP contribution is 2.22. The zero-order chi connectivity index (χ0) is 15.4. The molecule has 1 amide bonds. The van der Waals surface area contributed by atoms with E-state index in [0.29, 0.717) is 16.4 Å². The van der Waals surface area contributed by atoms with E-state index in [1.54, 1.807) is 18.2 Å². The van der Waals surface area contributed by atoms with Crippen LogP contribution in [0.5, 0.6) is 0 Å². The lowest BCUT2D eigenvalue weighted by molar-refractivity contribution is 0.0939. The number of nitrogens with zero attached hydrogens (tertiary/aromatic N) is 1. The summed E-state index contributed by atoms with van der Waals surface area (Å²) >= 11 is 6.14. The number of benzene rings is 1. The molecule has 0 saturated carbocycles. The Balaban J connectivity index is 2.18. The normalized spacial score (nSPS) is 12.0. The lowest BCUT2D eigenvalue weighted by atomic mass is 10.1. The maximum atomic E-state index is 12.3. The topological polar surface area (TPSA) is 68.0 Å². The van der Waals surface area contributed by atoms with Crippen LogP contribution >= 0.6 is 11.6 Å². The molecular formula is C16H18ClN3O. The van der Waals surface area contributed by atoms with Crippen molar-refractivity contribution < 1.29 is 4.79 Å². The number of nitrogens with two attached hydrogens (primary N) is 1. The predicted molar refractivity (Wildman–Crippen MR) is 85.4 cm³/mol. The molecule has 0 bridgehead atoms. The van der Waals surface area contributed by atoms with Gasteiger partial charge in [-0.1, -0.05) is 36.7 Å². The Morgan fingerprint density at radius 2 is 2.10 bits per heavy atom. The van der Waals surface area contributed by atoms with E-state index in [0.717, 1.165) is 17.7 Å². The average Bonchev–Trinajstić information content (AvgIpc) is 2.46. The third-order valence-corrected chi connectivity index (χ3v) is 3.59. The van der Waals surface area contributed by atoms with Crippen LogP contribution in [-0.4, -0.2) is 10.9 Å². The number of aromatic nitrogens is 1. The number of pyridine rings is 1. The van der Waals surface area contributed by atoms with E-state index >= 15 is 0 Å². The average molecular weight is 304 g/mol. The van der Waals surface area contributed by atoms with Gasteiger partial charge in [-0.25, -0.2) is 4.98 Å². The Morgan fingerprint density at radius 1 is 1.38 bits per heavy atom. The first kappa shape index (κ1) is 15.3. The molecule has 21 heavy (non-hydrogen) atoms. The zero-order valence-electron chi connectivity index (χ0n) is 12.1. The van der Waals surface area contributed by atoms with E-state index in [1.165, 1.54) is 0 Å². The third-order valence-electron chi connectivity index (χ3n) is 3.24. The molecule has 1 aromatic carbocycles. The summed E-state index contributed by atoms with van der Waals surface area (Å²) < 4.78 is 0. The van der Waals surface area contributed by atoms with Crippen LogP contribution in [-0.2, 0) is 6.42 Å². The second-order valence-corrected chi connectivity index (χ2v) is 5.25. The molecule has 0 aliphatic carbocycles. The van der Waals surface area contributed by atoms with Gasteiger partial charge >= 0.3 is 0 Å². The number of carbonyl (C=O) groups excluding carboxylic acids is 1. The second-order valence-electron chi connectivity index (χ2n) is 4.84. The van der Waals surface area contributed by atoms with Crippen LogP contribution in [0.25, 0.3) is 0 Å². The number of anilines is 1. The Bertz CT molecular complexity index is 658. The smallest absolute Gasteiger partial charge is 0.251 e. The van der Waals surface area contributed by atoms with E-state index in [1.807, 2.05) is 32.0 Å². The molecule has 0 saturated heterocycles. The van der Waals surface area contributed by atoms with Gasteiger partial charge in [0, 0.05) is 16.3 Å². The van der Waals surface area contributed by atoms with Crippen LogP contribution in [0.15, 0.2) is 36.4 Å². The fourth-order valence-corrected chi connectivity index (χ4v) is 2.41. The van der Waals surface area contributed by atoms with Gasteiger partial charge in [-0.15, -0.1) is 0 Å². The molecule has 2 aromatic rings. The SMILES string of the molecule is CCc1cc(C(=O)NC(C)c2ccccc2Cl)cc(N)n1. The van der Waals surface area contributed by atoms with Gasteiger partial charge in [0.15, 0.2) is 0 Å². The van der Waals surface area contributed by atoms with Crippen molar-refractivity contribution in [2.75, 3.05) is 5.73 Å². The molecule has 0 radical (unpaired) electrons. The summed E-state index contributed by atoms with van der Waals surface area (Å²) in [7, 11) is 0. The van der Waals surface area contributed by atoms with E-state index in [4.69, 9.17) is 17.3 Å². The Kier molecular flexibility index (Phi) is 4.81. The Hall–Kier alpha value is -2.07. The molecule has 110 valence electrons. The number of hydrogen-bond donors (Lipinski definition) is 2. The van der Waals surface area contributed by atoms with Gasteiger partial charge in [-0.2, -0.15) is 0 Å². The number of hydrogen-bond acceptors (Lipinski definition) is 3. The zero-order valence-corrected chi connectivity index (χ0v) is 12.8. The van der Waals surface area contributed by atoms with Crippen LogP contribution in [0.4, 0.5) is 5.82 Å². The van der Waals surface area contributed by atoms with Crippen molar-refractivity contribution >= 4 is 23.3 Å². The minimum Gasteiger partial charge on any atom is -0.384 e. The maximum absolute atomic E-state index is 12.3. The van der Waals surface area contributed by atoms with Crippen LogP contribution in [0.1, 0.15) is 41.5 Å². The fraction of sp³-hybridized carbons (Fsp3) is 0.250. The second kappa shape index (κ2) is 6.59. The summed E-state index contributed by atoms with van der Waals surface area (Å²) in [6.45, 7) is 3.86. The maximum Gasteiger partial charge on any atom is 0.251 e. The van der Waals surface area contributed by atoms with E-state index in [9.17, 15) is 4.79 Å². The molecule has 0 aliphatic rings. The van der Waals surface area contributed by atoms with Crippen molar-refractivity contribution in [3.8, 4) is 0 Å². The third kappa shape index (κ3) is 3.73. The van der Waals surface area contributed by atoms with Crippen LogP contribution in [0, 0.1) is 0 Å². The number of aryl methyl sites for hydroxylation is 1. The summed E-state index contributed by atoms with van der Waals surface area (Å²) in [4.78, 5) is 16.5. The monoisotopic (exact) mass is 303 g/mol. The highest BCUT2D eigenvalue weighted by Gasteiger charge is 2.14. The lowest BCUT2D eigenvalue weighted by Gasteiger charge is -2.16. The fourth-order valence-electron chi connectivity index (χ4n) is 2.11. The van der Waals surface area contributed by atoms with Gasteiger partial charge in [0.1, 0.15) is 5.82 Å². The van der Waals surface area contributed by atoms with Crippen molar-refractivity contribution in [3.63, 3.8) is 0 Å². The first-order valence-electron chi connectivity index (χ1n) is 6.83. The molecule has 1 unspecified atom stereocenters. The summed E-state index contributed by atoms with van der Waals surface area (Å²) in [5.74, 6) is 0.163. The predicted octanol–water partition coefficient (Wildman–Crippen LogP) is 3.37. The van der Waals surface area contributed by atoms with Crippen molar-refractivity contribution in [1.82, 2.24) is 10.3 Å². The van der Waals surface area contributed by atoms with E-state index < -0.39 is 0 Å². The number of carbonyl (C=O) groups is 1. The Labute approximate surface area is 129 Å². The van der Waals surface area contributed by atoms with Gasteiger partial charge < -0.3 is 11.1 Å². The summed E-state index contributed by atoms with van der Waals surface area (Å²) in [6, 6.07) is 10.6. The molecule has 0 aliphatic heterocycles. The van der Waals surface area contributed by atoms with Crippen LogP contribution in [0.3, 0.4) is 0 Å². The van der Waals surface area contributed by atoms with Gasteiger partial charge in [-0.3, -0.25) is 4.79 Å². The van der Waals surface area contributed by atoms with Crippen molar-refractivity contribution in [2.45, 2.75) is 26.3 Å². The molecular weight excluding hydrogens is 286 g/mol. The molecule has 0 spiro atoms. The first-order valence-corrected chi connectivity index (χ1v) is 7.20. The van der Waals surface area contributed by atoms with E-state index in [-0.39, 0.29) is 11.9 Å². The Morgan fingerprint density at radius 3 is 2.76 bits per heavy atom. The van der Waals surface area contributed by atoms with Gasteiger partial charge in [0.25, 0.3) is 5.91 Å². The minimum absolute atomic E-state index is 0.189. The molecule has 2 rings (SSSR count). The summed E-state index contributed by atoms with van der Waals surface area (Å²) in [5, 5.41) is 3.56. The van der Waals surface area contributed by atoms with Crippen molar-refractivity contribution in [3.05, 3.63) is 58.2 Å². The summed E-state index contributed by atoms with van der Waals surface area (Å²) in [6.07, 6.45) is 0.728. The molecule has 4 nitrogen and oxygen atoms in total. The quantitative estimate of drug-likeness (QED) is 0.910. The van der Waals surface area contributed by atoms with Gasteiger partial charge in [0.2, 0.25) is 0 Å². The van der Waals surface area contributed by atoms with Crippen molar-refractivity contribution in [2.24, 2.45) is 0 Å². The molecule has 1 heterocycles. The van der Waals surface area contributed by atoms with E-state index in [2.05, 4.69) is 10.3 Å². The number of rotatable bonds is 4. The minimum atomic E-state index is -0.189. The largest absolute Gasteiger partial charge is 0.384 e. The summed E-state index contributed by atoms with van der Waals surface area (Å²) in [5.41, 5.74) is 7.92. The lowest BCUT2D eigenvalue weighted by Crippen LogP contribution is -2.27. The molecule has 0 fully saturated rings. The van der Waals surface area contributed by atoms with Crippen LogP contribution in [0.2, 0.25) is 5.02 Å². The number of nitrogen functional groups attached to an aromatic ring is 1. The van der Waals surface area contributed by atoms with Gasteiger partial charge in [0.05, 0.1) is 6.04 Å². The van der Waals surface area contributed by atoms with Crippen molar-refractivity contribution in [1.29, 1.82) is 0 Å². The first-order chi connectivity index (χ1) is 10.0.